The molecule has 1 atom stereocenters. The summed E-state index contributed by atoms with van der Waals surface area (Å²) in [4.78, 5) is 0. The number of rotatable bonds is 3. The number of para-hydroxylation sites is 2. The van der Waals surface area contributed by atoms with E-state index in [4.69, 9.17) is 0 Å². The zero-order valence-electron chi connectivity index (χ0n) is 11.5. The van der Waals surface area contributed by atoms with Crippen LogP contribution < -0.4 is 10.1 Å². The lowest BCUT2D eigenvalue weighted by Crippen LogP contribution is -2.35. The smallest absolute Gasteiger partial charge is 0.404 e. The van der Waals surface area contributed by atoms with Crippen LogP contribution in [0.15, 0.2) is 24.3 Å². The highest BCUT2D eigenvalue weighted by Crippen LogP contribution is 2.37. The lowest BCUT2D eigenvalue weighted by Gasteiger charge is -2.35. The molecule has 2 nitrogen and oxygen atoms in total. The third-order valence-corrected chi connectivity index (χ3v) is 4.71. The van der Waals surface area contributed by atoms with Gasteiger partial charge in [0.2, 0.25) is 0 Å². The normalized spacial score (nSPS) is 22.4. The minimum Gasteiger partial charge on any atom is -0.404 e. The zero-order valence-corrected chi connectivity index (χ0v) is 12.3. The summed E-state index contributed by atoms with van der Waals surface area (Å²) in [5.74, 6) is 1.80. The number of alkyl halides is 3. The SMILES string of the molecule is CC1(C)CSCC(Nc2ccccc2OC(F)(F)F)C1. The highest BCUT2D eigenvalue weighted by atomic mass is 32.2. The summed E-state index contributed by atoms with van der Waals surface area (Å²) in [6, 6.07) is 6.34. The van der Waals surface area contributed by atoms with Gasteiger partial charge < -0.3 is 10.1 Å². The molecule has 1 N–H and O–H groups in total. The van der Waals surface area contributed by atoms with Crippen LogP contribution in [0.5, 0.6) is 5.75 Å². The van der Waals surface area contributed by atoms with Crippen molar-refractivity contribution < 1.29 is 17.9 Å². The van der Waals surface area contributed by atoms with Crippen LogP contribution in [0.3, 0.4) is 0 Å². The van der Waals surface area contributed by atoms with Crippen molar-refractivity contribution in [3.05, 3.63) is 24.3 Å². The number of thioether (sulfide) groups is 1. The Labute approximate surface area is 121 Å². The molecule has 1 fully saturated rings. The quantitative estimate of drug-likeness (QED) is 0.886. The summed E-state index contributed by atoms with van der Waals surface area (Å²) in [6.07, 6.45) is -3.74. The van der Waals surface area contributed by atoms with Gasteiger partial charge in [0, 0.05) is 11.8 Å². The first-order valence-corrected chi connectivity index (χ1v) is 7.60. The van der Waals surface area contributed by atoms with Gasteiger partial charge in [0.15, 0.2) is 5.75 Å². The van der Waals surface area contributed by atoms with E-state index in [2.05, 4.69) is 23.9 Å². The monoisotopic (exact) mass is 305 g/mol. The van der Waals surface area contributed by atoms with Crippen molar-refractivity contribution >= 4 is 17.4 Å². The summed E-state index contributed by atoms with van der Waals surface area (Å²) in [6.45, 7) is 4.35. The predicted molar refractivity (Wildman–Crippen MR) is 76.3 cm³/mol. The van der Waals surface area contributed by atoms with E-state index in [1.54, 1.807) is 12.1 Å². The number of benzene rings is 1. The van der Waals surface area contributed by atoms with Crippen molar-refractivity contribution in [2.24, 2.45) is 5.41 Å². The van der Waals surface area contributed by atoms with Crippen molar-refractivity contribution in [2.75, 3.05) is 16.8 Å². The van der Waals surface area contributed by atoms with Crippen LogP contribution in [-0.4, -0.2) is 23.9 Å². The molecule has 0 saturated carbocycles. The first-order valence-electron chi connectivity index (χ1n) is 6.44. The molecule has 1 aliphatic rings. The molecule has 112 valence electrons. The molecule has 1 saturated heterocycles. The summed E-state index contributed by atoms with van der Waals surface area (Å²) in [5.41, 5.74) is 0.591. The number of halogens is 3. The summed E-state index contributed by atoms with van der Waals surface area (Å²) in [7, 11) is 0. The molecule has 1 aliphatic heterocycles. The van der Waals surface area contributed by atoms with Crippen molar-refractivity contribution in [2.45, 2.75) is 32.7 Å². The van der Waals surface area contributed by atoms with Crippen LogP contribution >= 0.6 is 11.8 Å². The molecule has 1 aromatic rings. The molecular formula is C14H18F3NOS. The van der Waals surface area contributed by atoms with Gasteiger partial charge in [-0.25, -0.2) is 0 Å². The van der Waals surface area contributed by atoms with Crippen LogP contribution in [0.1, 0.15) is 20.3 Å². The van der Waals surface area contributed by atoms with Gasteiger partial charge in [-0.1, -0.05) is 26.0 Å². The number of anilines is 1. The van der Waals surface area contributed by atoms with Crippen LogP contribution in [0.2, 0.25) is 0 Å². The van der Waals surface area contributed by atoms with Gasteiger partial charge in [-0.05, 0) is 29.7 Å². The highest BCUT2D eigenvalue weighted by molar-refractivity contribution is 7.99. The Kier molecular flexibility index (Phi) is 4.42. The van der Waals surface area contributed by atoms with E-state index in [1.807, 2.05) is 11.8 Å². The second-order valence-corrected chi connectivity index (χ2v) is 6.80. The van der Waals surface area contributed by atoms with Crippen molar-refractivity contribution in [3.63, 3.8) is 0 Å². The Balaban J connectivity index is 2.09. The maximum atomic E-state index is 12.4. The first kappa shape index (κ1) is 15.4. The standard InChI is InChI=1S/C14H18F3NOS/c1-13(2)7-10(8-20-9-13)18-11-5-3-4-6-12(11)19-14(15,16)17/h3-6,10,18H,7-9H2,1-2H3. The number of ether oxygens (including phenoxy) is 1. The number of hydrogen-bond acceptors (Lipinski definition) is 3. The third kappa shape index (κ3) is 4.51. The highest BCUT2D eigenvalue weighted by Gasteiger charge is 2.33. The van der Waals surface area contributed by atoms with E-state index < -0.39 is 6.36 Å². The van der Waals surface area contributed by atoms with E-state index in [0.717, 1.165) is 17.9 Å². The zero-order chi connectivity index (χ0) is 14.8. The van der Waals surface area contributed by atoms with Gasteiger partial charge in [0.1, 0.15) is 0 Å². The minimum atomic E-state index is -4.67. The van der Waals surface area contributed by atoms with Crippen LogP contribution in [0, 0.1) is 5.41 Å². The molecule has 0 radical (unpaired) electrons. The molecule has 1 unspecified atom stereocenters. The molecule has 0 bridgehead atoms. The fourth-order valence-corrected chi connectivity index (χ4v) is 3.65. The third-order valence-electron chi connectivity index (χ3n) is 3.08. The molecule has 2 rings (SSSR count). The van der Waals surface area contributed by atoms with Gasteiger partial charge >= 0.3 is 6.36 Å². The average molecular weight is 305 g/mol. The molecule has 1 aromatic carbocycles. The van der Waals surface area contributed by atoms with Crippen molar-refractivity contribution in [3.8, 4) is 5.75 Å². The second kappa shape index (κ2) is 5.76. The largest absolute Gasteiger partial charge is 0.573 e. The molecule has 0 spiro atoms. The van der Waals surface area contributed by atoms with E-state index in [1.165, 1.54) is 12.1 Å². The molecule has 0 aromatic heterocycles. The lowest BCUT2D eigenvalue weighted by molar-refractivity contribution is -0.274. The van der Waals surface area contributed by atoms with Gasteiger partial charge in [-0.15, -0.1) is 13.2 Å². The molecule has 20 heavy (non-hydrogen) atoms. The fourth-order valence-electron chi connectivity index (χ4n) is 2.37. The molecule has 1 heterocycles. The van der Waals surface area contributed by atoms with E-state index in [-0.39, 0.29) is 17.2 Å². The predicted octanol–water partition coefficient (Wildman–Crippen LogP) is 4.53. The average Bonchev–Trinajstić information content (AvgIpc) is 2.28. The summed E-state index contributed by atoms with van der Waals surface area (Å²) in [5, 5.41) is 3.18. The second-order valence-electron chi connectivity index (χ2n) is 5.77. The van der Waals surface area contributed by atoms with Crippen LogP contribution in [-0.2, 0) is 0 Å². The maximum absolute atomic E-state index is 12.4. The number of nitrogens with one attached hydrogen (secondary N) is 1. The molecule has 0 amide bonds. The Morgan fingerprint density at radius 1 is 1.30 bits per heavy atom. The van der Waals surface area contributed by atoms with E-state index in [9.17, 15) is 13.2 Å². The minimum absolute atomic E-state index is 0.154. The van der Waals surface area contributed by atoms with Gasteiger partial charge in [-0.2, -0.15) is 11.8 Å². The summed E-state index contributed by atoms with van der Waals surface area (Å²) >= 11 is 1.82. The first-order chi connectivity index (χ1) is 9.25. The van der Waals surface area contributed by atoms with Gasteiger partial charge in [-0.3, -0.25) is 0 Å². The molecule has 0 aliphatic carbocycles. The Morgan fingerprint density at radius 3 is 2.65 bits per heavy atom. The number of hydrogen-bond donors (Lipinski definition) is 1. The topological polar surface area (TPSA) is 21.3 Å². The summed E-state index contributed by atoms with van der Waals surface area (Å²) < 4.78 is 41.2. The fraction of sp³-hybridized carbons (Fsp3) is 0.571. The molecule has 6 heteroatoms. The van der Waals surface area contributed by atoms with Crippen molar-refractivity contribution in [1.82, 2.24) is 0 Å². The Hall–Kier alpha value is -1.04. The van der Waals surface area contributed by atoms with Crippen LogP contribution in [0.4, 0.5) is 18.9 Å². The van der Waals surface area contributed by atoms with Gasteiger partial charge in [0.05, 0.1) is 5.69 Å². The molecular weight excluding hydrogens is 287 g/mol. The van der Waals surface area contributed by atoms with Crippen LogP contribution in [0.25, 0.3) is 0 Å². The Morgan fingerprint density at radius 2 is 2.00 bits per heavy atom. The van der Waals surface area contributed by atoms with E-state index >= 15 is 0 Å². The maximum Gasteiger partial charge on any atom is 0.573 e. The Bertz CT molecular complexity index is 462. The van der Waals surface area contributed by atoms with E-state index in [0.29, 0.717) is 5.69 Å². The van der Waals surface area contributed by atoms with Crippen molar-refractivity contribution in [1.29, 1.82) is 0 Å². The van der Waals surface area contributed by atoms with Gasteiger partial charge in [0.25, 0.3) is 0 Å². The lowest BCUT2D eigenvalue weighted by atomic mass is 9.88.